The van der Waals surface area contributed by atoms with E-state index in [-0.39, 0.29) is 0 Å². The lowest BCUT2D eigenvalue weighted by atomic mass is 10.00. The summed E-state index contributed by atoms with van der Waals surface area (Å²) >= 11 is 5.60. The van der Waals surface area contributed by atoms with E-state index in [1.165, 1.54) is 0 Å². The monoisotopic (exact) mass is 230 g/mol. The fourth-order valence-corrected chi connectivity index (χ4v) is 1.84. The van der Waals surface area contributed by atoms with E-state index in [4.69, 9.17) is 20.9 Å². The molecule has 2 heterocycles. The molecule has 1 aromatic heterocycles. The number of aromatic nitrogens is 2. The van der Waals surface area contributed by atoms with Crippen LogP contribution in [0.1, 0.15) is 36.9 Å². The SMILES string of the molecule is ClCCCc1nc(C2CCOCC2)no1. The van der Waals surface area contributed by atoms with Crippen LogP contribution in [-0.4, -0.2) is 29.2 Å². The van der Waals surface area contributed by atoms with Gasteiger partial charge in [0.2, 0.25) is 5.89 Å². The molecular weight excluding hydrogens is 216 g/mol. The Kier molecular flexibility index (Phi) is 3.97. The number of alkyl halides is 1. The summed E-state index contributed by atoms with van der Waals surface area (Å²) in [5.74, 6) is 2.59. The summed E-state index contributed by atoms with van der Waals surface area (Å²) in [5.41, 5.74) is 0. The van der Waals surface area contributed by atoms with Gasteiger partial charge in [-0.3, -0.25) is 0 Å². The summed E-state index contributed by atoms with van der Waals surface area (Å²) in [6, 6.07) is 0. The van der Waals surface area contributed by atoms with E-state index in [0.29, 0.717) is 17.7 Å². The molecule has 84 valence electrons. The Bertz CT molecular complexity index is 297. The first-order valence-electron chi connectivity index (χ1n) is 5.36. The average molecular weight is 231 g/mol. The summed E-state index contributed by atoms with van der Waals surface area (Å²) in [4.78, 5) is 4.38. The topological polar surface area (TPSA) is 48.2 Å². The van der Waals surface area contributed by atoms with E-state index in [1.807, 2.05) is 0 Å². The van der Waals surface area contributed by atoms with Crippen LogP contribution in [0.4, 0.5) is 0 Å². The zero-order valence-corrected chi connectivity index (χ0v) is 9.37. The Morgan fingerprint density at radius 3 is 2.87 bits per heavy atom. The van der Waals surface area contributed by atoms with Gasteiger partial charge in [0.1, 0.15) is 0 Å². The summed E-state index contributed by atoms with van der Waals surface area (Å²) in [7, 11) is 0. The highest BCUT2D eigenvalue weighted by atomic mass is 35.5. The van der Waals surface area contributed by atoms with E-state index < -0.39 is 0 Å². The second-order valence-corrected chi connectivity index (χ2v) is 4.10. The van der Waals surface area contributed by atoms with Crippen molar-refractivity contribution in [2.24, 2.45) is 0 Å². The zero-order chi connectivity index (χ0) is 10.5. The zero-order valence-electron chi connectivity index (χ0n) is 8.62. The first kappa shape index (κ1) is 10.9. The lowest BCUT2D eigenvalue weighted by molar-refractivity contribution is 0.0830. The minimum Gasteiger partial charge on any atom is -0.381 e. The quantitative estimate of drug-likeness (QED) is 0.744. The maximum Gasteiger partial charge on any atom is 0.226 e. The molecule has 1 saturated heterocycles. The summed E-state index contributed by atoms with van der Waals surface area (Å²) in [5, 5.41) is 4.01. The first-order valence-corrected chi connectivity index (χ1v) is 5.90. The Labute approximate surface area is 93.9 Å². The molecule has 4 nitrogen and oxygen atoms in total. The standard InChI is InChI=1S/C10H15ClN2O2/c11-5-1-2-9-12-10(13-15-9)8-3-6-14-7-4-8/h8H,1-7H2. The minimum atomic E-state index is 0.409. The van der Waals surface area contributed by atoms with E-state index in [1.54, 1.807) is 0 Å². The molecule has 0 unspecified atom stereocenters. The van der Waals surface area contributed by atoms with E-state index in [2.05, 4.69) is 10.1 Å². The molecule has 0 amide bonds. The van der Waals surface area contributed by atoms with Gasteiger partial charge in [-0.1, -0.05) is 5.16 Å². The van der Waals surface area contributed by atoms with Gasteiger partial charge in [-0.15, -0.1) is 11.6 Å². The largest absolute Gasteiger partial charge is 0.381 e. The van der Waals surface area contributed by atoms with E-state index >= 15 is 0 Å². The summed E-state index contributed by atoms with van der Waals surface area (Å²) in [6.45, 7) is 1.60. The molecule has 1 aliphatic rings. The third kappa shape index (κ3) is 2.92. The smallest absolute Gasteiger partial charge is 0.226 e. The number of halogens is 1. The van der Waals surface area contributed by atoms with Crippen molar-refractivity contribution in [3.63, 3.8) is 0 Å². The molecule has 0 atom stereocenters. The van der Waals surface area contributed by atoms with Crippen molar-refractivity contribution in [2.75, 3.05) is 19.1 Å². The van der Waals surface area contributed by atoms with Crippen LogP contribution in [0.15, 0.2) is 4.52 Å². The Morgan fingerprint density at radius 1 is 1.33 bits per heavy atom. The Morgan fingerprint density at radius 2 is 2.13 bits per heavy atom. The molecule has 0 aliphatic carbocycles. The molecular formula is C10H15ClN2O2. The van der Waals surface area contributed by atoms with Gasteiger partial charge in [0, 0.05) is 31.4 Å². The number of rotatable bonds is 4. The number of nitrogens with zero attached hydrogens (tertiary/aromatic N) is 2. The van der Waals surface area contributed by atoms with Gasteiger partial charge in [0.25, 0.3) is 0 Å². The molecule has 2 rings (SSSR count). The maximum absolute atomic E-state index is 5.60. The fourth-order valence-electron chi connectivity index (χ4n) is 1.71. The lowest BCUT2D eigenvalue weighted by Gasteiger charge is -2.18. The molecule has 0 N–H and O–H groups in total. The molecule has 1 fully saturated rings. The molecule has 5 heteroatoms. The van der Waals surface area contributed by atoms with Crippen LogP contribution in [0.25, 0.3) is 0 Å². The molecule has 0 spiro atoms. The third-order valence-corrected chi connectivity index (χ3v) is 2.86. The van der Waals surface area contributed by atoms with E-state index in [0.717, 1.165) is 44.7 Å². The lowest BCUT2D eigenvalue weighted by Crippen LogP contribution is -2.15. The number of ether oxygens (including phenoxy) is 1. The van der Waals surface area contributed by atoms with Crippen molar-refractivity contribution in [2.45, 2.75) is 31.6 Å². The van der Waals surface area contributed by atoms with Gasteiger partial charge in [-0.2, -0.15) is 4.98 Å². The predicted molar refractivity (Wildman–Crippen MR) is 56.1 cm³/mol. The summed E-state index contributed by atoms with van der Waals surface area (Å²) < 4.78 is 10.4. The highest BCUT2D eigenvalue weighted by Gasteiger charge is 2.20. The fraction of sp³-hybridized carbons (Fsp3) is 0.800. The van der Waals surface area contributed by atoms with Crippen LogP contribution in [0, 0.1) is 0 Å². The van der Waals surface area contributed by atoms with Gasteiger partial charge in [-0.25, -0.2) is 0 Å². The second kappa shape index (κ2) is 5.47. The highest BCUT2D eigenvalue weighted by molar-refractivity contribution is 6.17. The van der Waals surface area contributed by atoms with Crippen molar-refractivity contribution in [3.8, 4) is 0 Å². The molecule has 0 radical (unpaired) electrons. The van der Waals surface area contributed by atoms with Crippen molar-refractivity contribution < 1.29 is 9.26 Å². The van der Waals surface area contributed by atoms with Gasteiger partial charge in [0.05, 0.1) is 0 Å². The Balaban J connectivity index is 1.93. The van der Waals surface area contributed by atoms with Crippen molar-refractivity contribution in [3.05, 3.63) is 11.7 Å². The second-order valence-electron chi connectivity index (χ2n) is 3.73. The van der Waals surface area contributed by atoms with Crippen LogP contribution in [0.5, 0.6) is 0 Å². The highest BCUT2D eigenvalue weighted by Crippen LogP contribution is 2.24. The molecule has 0 bridgehead atoms. The number of hydrogen-bond donors (Lipinski definition) is 0. The van der Waals surface area contributed by atoms with E-state index in [9.17, 15) is 0 Å². The van der Waals surface area contributed by atoms with Crippen LogP contribution in [0.3, 0.4) is 0 Å². The molecule has 1 aromatic rings. The molecule has 0 aromatic carbocycles. The maximum atomic E-state index is 5.60. The summed E-state index contributed by atoms with van der Waals surface area (Å²) in [6.07, 6.45) is 3.65. The molecule has 15 heavy (non-hydrogen) atoms. The van der Waals surface area contributed by atoms with Crippen molar-refractivity contribution >= 4 is 11.6 Å². The average Bonchev–Trinajstić information content (AvgIpc) is 2.76. The predicted octanol–water partition coefficient (Wildman–Crippen LogP) is 2.13. The van der Waals surface area contributed by atoms with Crippen LogP contribution < -0.4 is 0 Å². The van der Waals surface area contributed by atoms with Crippen molar-refractivity contribution in [1.82, 2.24) is 10.1 Å². The molecule has 1 aliphatic heterocycles. The third-order valence-electron chi connectivity index (χ3n) is 2.59. The minimum absolute atomic E-state index is 0.409. The van der Waals surface area contributed by atoms with Gasteiger partial charge in [-0.05, 0) is 19.3 Å². The number of hydrogen-bond acceptors (Lipinski definition) is 4. The first-order chi connectivity index (χ1) is 7.40. The van der Waals surface area contributed by atoms with Crippen LogP contribution in [0.2, 0.25) is 0 Å². The Hall–Kier alpha value is -0.610. The van der Waals surface area contributed by atoms with Gasteiger partial charge < -0.3 is 9.26 Å². The normalized spacial score (nSPS) is 18.2. The van der Waals surface area contributed by atoms with Gasteiger partial charge >= 0.3 is 0 Å². The number of aryl methyl sites for hydroxylation is 1. The molecule has 0 saturated carbocycles. The van der Waals surface area contributed by atoms with Gasteiger partial charge in [0.15, 0.2) is 5.82 Å². The van der Waals surface area contributed by atoms with Crippen molar-refractivity contribution in [1.29, 1.82) is 0 Å². The van der Waals surface area contributed by atoms with Crippen LogP contribution >= 0.6 is 11.6 Å². The van der Waals surface area contributed by atoms with Crippen LogP contribution in [-0.2, 0) is 11.2 Å².